The number of likely N-dealkylation sites (tertiary alicyclic amines) is 1. The summed E-state index contributed by atoms with van der Waals surface area (Å²) in [4.78, 5) is 26.6. The Hall–Kier alpha value is -2.70. The minimum atomic E-state index is -0.521. The third kappa shape index (κ3) is 5.63. The monoisotopic (exact) mass is 488 g/mol. The van der Waals surface area contributed by atoms with Gasteiger partial charge in [0, 0.05) is 52.7 Å². The Morgan fingerprint density at radius 3 is 2.45 bits per heavy atom. The second-order valence-corrected chi connectivity index (χ2v) is 10.0. The fraction of sp³-hybridized carbons (Fsp3) is 0.360. The molecule has 1 fully saturated rings. The topological polar surface area (TPSA) is 67.9 Å². The normalized spacial score (nSPS) is 17.7. The van der Waals surface area contributed by atoms with Gasteiger partial charge in [-0.3, -0.25) is 4.79 Å². The summed E-state index contributed by atoms with van der Waals surface area (Å²) in [6.07, 6.45) is 2.78. The van der Waals surface area contributed by atoms with Crippen molar-refractivity contribution in [2.24, 2.45) is 0 Å². The van der Waals surface area contributed by atoms with E-state index in [4.69, 9.17) is 32.7 Å². The number of amides is 2. The number of nitrogens with zero attached hydrogens (tertiary/aromatic N) is 1. The molecule has 2 amide bonds. The molecule has 0 saturated carbocycles. The van der Waals surface area contributed by atoms with Gasteiger partial charge in [0.1, 0.15) is 17.5 Å². The molecule has 1 N–H and O–H groups in total. The van der Waals surface area contributed by atoms with Crippen LogP contribution in [0.2, 0.25) is 10.0 Å². The van der Waals surface area contributed by atoms with Crippen molar-refractivity contribution in [2.45, 2.75) is 45.3 Å². The van der Waals surface area contributed by atoms with Gasteiger partial charge in [-0.05, 0) is 57.2 Å². The van der Waals surface area contributed by atoms with Gasteiger partial charge < -0.3 is 19.7 Å². The summed E-state index contributed by atoms with van der Waals surface area (Å²) in [5.41, 5.74) is 2.17. The molecule has 0 atom stereocenters. The molecule has 2 aromatic rings. The smallest absolute Gasteiger partial charge is 0.410 e. The zero-order chi connectivity index (χ0) is 23.8. The lowest BCUT2D eigenvalue weighted by atomic mass is 10.0. The molecule has 0 radical (unpaired) electrons. The second kappa shape index (κ2) is 9.27. The van der Waals surface area contributed by atoms with E-state index in [1.165, 1.54) is 0 Å². The van der Waals surface area contributed by atoms with Crippen LogP contribution in [0.5, 0.6) is 5.75 Å². The number of hydrogen-bond donors (Lipinski definition) is 1. The van der Waals surface area contributed by atoms with Crippen molar-refractivity contribution in [3.05, 3.63) is 57.6 Å². The molecular weight excluding hydrogens is 463 g/mol. The molecule has 0 spiro atoms. The molecule has 1 saturated heterocycles. The van der Waals surface area contributed by atoms with E-state index in [0.717, 1.165) is 5.56 Å². The van der Waals surface area contributed by atoms with Crippen molar-refractivity contribution in [2.75, 3.05) is 18.4 Å². The van der Waals surface area contributed by atoms with E-state index in [1.807, 2.05) is 32.9 Å². The summed E-state index contributed by atoms with van der Waals surface area (Å²) in [6.45, 7) is 6.68. The van der Waals surface area contributed by atoms with Gasteiger partial charge in [0.15, 0.2) is 0 Å². The Kier molecular flexibility index (Phi) is 6.59. The van der Waals surface area contributed by atoms with Crippen molar-refractivity contribution < 1.29 is 19.1 Å². The molecule has 0 bridgehead atoms. The molecule has 2 aliphatic rings. The maximum absolute atomic E-state index is 12.6. The van der Waals surface area contributed by atoms with Crippen LogP contribution in [0.25, 0.3) is 11.6 Å². The van der Waals surface area contributed by atoms with E-state index in [-0.39, 0.29) is 18.1 Å². The number of ether oxygens (including phenoxy) is 2. The highest BCUT2D eigenvalue weighted by atomic mass is 35.5. The Balaban J connectivity index is 1.50. The fourth-order valence-electron chi connectivity index (χ4n) is 3.87. The maximum Gasteiger partial charge on any atom is 0.410 e. The minimum Gasteiger partial charge on any atom is -0.490 e. The quantitative estimate of drug-likeness (QED) is 0.517. The first-order valence-electron chi connectivity index (χ1n) is 10.9. The van der Waals surface area contributed by atoms with E-state index >= 15 is 0 Å². The van der Waals surface area contributed by atoms with Gasteiger partial charge in [-0.25, -0.2) is 4.79 Å². The number of anilines is 1. The zero-order valence-corrected chi connectivity index (χ0v) is 20.3. The largest absolute Gasteiger partial charge is 0.490 e. The van der Waals surface area contributed by atoms with Crippen LogP contribution in [0.15, 0.2) is 36.4 Å². The highest BCUT2D eigenvalue weighted by Gasteiger charge is 2.29. The highest BCUT2D eigenvalue weighted by Crippen LogP contribution is 2.37. The summed E-state index contributed by atoms with van der Waals surface area (Å²) in [7, 11) is 0. The number of piperidine rings is 1. The fourth-order valence-corrected chi connectivity index (χ4v) is 4.22. The SMILES string of the molecule is CC(C)(C)OC(=O)N1CCC(Oc2ccc(Cl)cc2/C=C2/C(=O)Nc3cc(Cl)ccc32)CC1. The molecule has 0 aliphatic carbocycles. The van der Waals surface area contributed by atoms with Gasteiger partial charge in [0.05, 0.1) is 5.69 Å². The third-order valence-corrected chi connectivity index (χ3v) is 5.89. The Bertz CT molecular complexity index is 1120. The predicted molar refractivity (Wildman–Crippen MR) is 131 cm³/mol. The molecule has 174 valence electrons. The number of halogens is 2. The van der Waals surface area contributed by atoms with Crippen molar-refractivity contribution in [3.8, 4) is 5.75 Å². The third-order valence-electron chi connectivity index (χ3n) is 5.42. The molecular formula is C25H26Cl2N2O4. The highest BCUT2D eigenvalue weighted by molar-refractivity contribution is 6.37. The summed E-state index contributed by atoms with van der Waals surface area (Å²) in [5, 5.41) is 3.94. The van der Waals surface area contributed by atoms with Crippen molar-refractivity contribution in [1.82, 2.24) is 4.90 Å². The van der Waals surface area contributed by atoms with Crippen LogP contribution < -0.4 is 10.1 Å². The van der Waals surface area contributed by atoms with E-state index < -0.39 is 5.60 Å². The molecule has 33 heavy (non-hydrogen) atoms. The van der Waals surface area contributed by atoms with Crippen LogP contribution in [0, 0.1) is 0 Å². The molecule has 2 aliphatic heterocycles. The lowest BCUT2D eigenvalue weighted by Crippen LogP contribution is -2.44. The second-order valence-electron chi connectivity index (χ2n) is 9.17. The van der Waals surface area contributed by atoms with E-state index in [1.54, 1.807) is 35.2 Å². The predicted octanol–water partition coefficient (Wildman–Crippen LogP) is 6.26. The molecule has 8 heteroatoms. The Labute approximate surface area is 203 Å². The lowest BCUT2D eigenvalue weighted by Gasteiger charge is -2.33. The first kappa shape index (κ1) is 23.5. The van der Waals surface area contributed by atoms with Crippen LogP contribution >= 0.6 is 23.2 Å². The van der Waals surface area contributed by atoms with Gasteiger partial charge in [0.2, 0.25) is 0 Å². The first-order valence-corrected chi connectivity index (χ1v) is 11.6. The number of carbonyl (C=O) groups is 2. The molecule has 2 aromatic carbocycles. The van der Waals surface area contributed by atoms with Crippen LogP contribution in [-0.2, 0) is 9.53 Å². The Morgan fingerprint density at radius 1 is 1.09 bits per heavy atom. The van der Waals surface area contributed by atoms with E-state index in [9.17, 15) is 9.59 Å². The number of carbonyl (C=O) groups excluding carboxylic acids is 2. The number of rotatable bonds is 3. The zero-order valence-electron chi connectivity index (χ0n) is 18.8. The lowest BCUT2D eigenvalue weighted by molar-refractivity contribution is -0.110. The van der Waals surface area contributed by atoms with Gasteiger partial charge >= 0.3 is 6.09 Å². The van der Waals surface area contributed by atoms with E-state index in [2.05, 4.69) is 5.32 Å². The van der Waals surface area contributed by atoms with Crippen molar-refractivity contribution in [3.63, 3.8) is 0 Å². The van der Waals surface area contributed by atoms with Gasteiger partial charge in [-0.15, -0.1) is 0 Å². The summed E-state index contributed by atoms with van der Waals surface area (Å²) < 4.78 is 11.7. The number of hydrogen-bond acceptors (Lipinski definition) is 4. The standard InChI is InChI=1S/C25H26Cl2N2O4/c1-25(2,3)33-24(31)29-10-8-18(9-11-29)32-22-7-5-16(26)12-15(22)13-20-19-6-4-17(27)14-21(19)28-23(20)30/h4-7,12-14,18H,8-11H2,1-3H3,(H,28,30)/b20-13+. The number of nitrogens with one attached hydrogen (secondary N) is 1. The molecule has 0 unspecified atom stereocenters. The first-order chi connectivity index (χ1) is 15.6. The van der Waals surface area contributed by atoms with Crippen LogP contribution in [0.3, 0.4) is 0 Å². The molecule has 0 aromatic heterocycles. The number of fused-ring (bicyclic) bond motifs is 1. The van der Waals surface area contributed by atoms with Crippen LogP contribution in [-0.4, -0.2) is 41.7 Å². The average molecular weight is 489 g/mol. The maximum atomic E-state index is 12.6. The van der Waals surface area contributed by atoms with Crippen LogP contribution in [0.1, 0.15) is 44.7 Å². The Morgan fingerprint density at radius 2 is 1.76 bits per heavy atom. The minimum absolute atomic E-state index is 0.0643. The summed E-state index contributed by atoms with van der Waals surface area (Å²) >= 11 is 12.3. The van der Waals surface area contributed by atoms with Crippen molar-refractivity contribution in [1.29, 1.82) is 0 Å². The van der Waals surface area contributed by atoms with Crippen molar-refractivity contribution >= 4 is 52.5 Å². The number of benzene rings is 2. The van der Waals surface area contributed by atoms with E-state index in [0.29, 0.717) is 58.5 Å². The summed E-state index contributed by atoms with van der Waals surface area (Å²) in [5.74, 6) is 0.432. The summed E-state index contributed by atoms with van der Waals surface area (Å²) in [6, 6.07) is 10.6. The molecule has 4 rings (SSSR count). The van der Waals surface area contributed by atoms with Gasteiger partial charge in [0.25, 0.3) is 5.91 Å². The van der Waals surface area contributed by atoms with Crippen LogP contribution in [0.4, 0.5) is 10.5 Å². The van der Waals surface area contributed by atoms with Gasteiger partial charge in [-0.1, -0.05) is 29.3 Å². The molecule has 6 nitrogen and oxygen atoms in total. The van der Waals surface area contributed by atoms with Gasteiger partial charge in [-0.2, -0.15) is 0 Å². The molecule has 2 heterocycles. The average Bonchev–Trinajstić information content (AvgIpc) is 3.03.